The van der Waals surface area contributed by atoms with Crippen molar-refractivity contribution in [1.82, 2.24) is 0 Å². The molecule has 1 aromatic rings. The number of cyclic esters (lactones) is 1. The lowest BCUT2D eigenvalue weighted by Crippen LogP contribution is -1.99. The van der Waals surface area contributed by atoms with Crippen LogP contribution in [0, 0.1) is 0 Å². The van der Waals surface area contributed by atoms with E-state index in [0.29, 0.717) is 15.6 Å². The molecule has 1 unspecified atom stereocenters. The molecule has 1 amide bonds. The summed E-state index contributed by atoms with van der Waals surface area (Å²) in [6.45, 7) is 0. The highest BCUT2D eigenvalue weighted by atomic mass is 35.5. The number of halogens is 2. The number of benzene rings is 1. The van der Waals surface area contributed by atoms with Crippen LogP contribution in [0.25, 0.3) is 0 Å². The first-order chi connectivity index (χ1) is 6.66. The molecule has 0 aromatic heterocycles. The van der Waals surface area contributed by atoms with Crippen LogP contribution >= 0.6 is 23.2 Å². The Hall–Kier alpha value is -1.13. The Morgan fingerprint density at radius 3 is 2.71 bits per heavy atom. The zero-order valence-electron chi connectivity index (χ0n) is 6.78. The van der Waals surface area contributed by atoms with Crippen molar-refractivity contribution in [2.75, 3.05) is 0 Å². The Bertz CT molecular complexity index is 420. The van der Waals surface area contributed by atoms with Crippen molar-refractivity contribution >= 4 is 29.3 Å². The highest BCUT2D eigenvalue weighted by Gasteiger charge is 2.23. The lowest BCUT2D eigenvalue weighted by Gasteiger charge is -2.07. The number of hydrogen-bond donors (Lipinski definition) is 0. The Morgan fingerprint density at radius 1 is 1.36 bits per heavy atom. The number of hydrogen-bond acceptors (Lipinski definition) is 3. The number of carbonyl (C=O) groups excluding carboxylic acids is 1. The van der Waals surface area contributed by atoms with Gasteiger partial charge in [0.25, 0.3) is 0 Å². The van der Waals surface area contributed by atoms with Crippen molar-refractivity contribution in [1.29, 1.82) is 0 Å². The van der Waals surface area contributed by atoms with Gasteiger partial charge in [-0.05, 0) is 12.1 Å². The Kier molecular flexibility index (Phi) is 2.39. The SMILES string of the molecule is O=C1N=NC(c2ccc(Cl)cc2Cl)O1. The lowest BCUT2D eigenvalue weighted by atomic mass is 10.2. The van der Waals surface area contributed by atoms with Gasteiger partial charge in [0.2, 0.25) is 6.23 Å². The Balaban J connectivity index is 2.33. The second-order valence-corrected chi connectivity index (χ2v) is 3.46. The van der Waals surface area contributed by atoms with Crippen molar-refractivity contribution in [2.45, 2.75) is 6.23 Å². The maximum atomic E-state index is 10.7. The molecule has 1 heterocycles. The minimum atomic E-state index is -0.743. The number of ether oxygens (including phenoxy) is 1. The first kappa shape index (κ1) is 9.43. The van der Waals surface area contributed by atoms with Gasteiger partial charge in [-0.3, -0.25) is 0 Å². The monoisotopic (exact) mass is 230 g/mol. The highest BCUT2D eigenvalue weighted by Crippen LogP contribution is 2.31. The van der Waals surface area contributed by atoms with Gasteiger partial charge >= 0.3 is 6.09 Å². The first-order valence-electron chi connectivity index (χ1n) is 3.73. The van der Waals surface area contributed by atoms with Gasteiger partial charge in [-0.25, -0.2) is 4.79 Å². The summed E-state index contributed by atoms with van der Waals surface area (Å²) in [5.41, 5.74) is 0.575. The van der Waals surface area contributed by atoms with E-state index in [9.17, 15) is 4.79 Å². The van der Waals surface area contributed by atoms with Crippen molar-refractivity contribution in [3.05, 3.63) is 33.8 Å². The van der Waals surface area contributed by atoms with Gasteiger partial charge in [0.1, 0.15) is 0 Å². The van der Waals surface area contributed by atoms with E-state index >= 15 is 0 Å². The zero-order valence-corrected chi connectivity index (χ0v) is 8.29. The van der Waals surface area contributed by atoms with Crippen LogP contribution in [0.5, 0.6) is 0 Å². The smallest absolute Gasteiger partial charge is 0.415 e. The van der Waals surface area contributed by atoms with E-state index in [1.165, 1.54) is 0 Å². The highest BCUT2D eigenvalue weighted by molar-refractivity contribution is 6.35. The number of azo groups is 1. The van der Waals surface area contributed by atoms with Crippen molar-refractivity contribution in [2.24, 2.45) is 10.2 Å². The fraction of sp³-hybridized carbons (Fsp3) is 0.125. The summed E-state index contributed by atoms with van der Waals surface area (Å²) in [6.07, 6.45) is -1.45. The van der Waals surface area contributed by atoms with E-state index in [4.69, 9.17) is 27.9 Å². The van der Waals surface area contributed by atoms with Gasteiger partial charge in [-0.1, -0.05) is 34.4 Å². The van der Waals surface area contributed by atoms with E-state index in [1.54, 1.807) is 18.2 Å². The molecule has 6 heteroatoms. The normalized spacial score (nSPS) is 19.9. The van der Waals surface area contributed by atoms with Crippen molar-refractivity contribution in [3.8, 4) is 0 Å². The second-order valence-electron chi connectivity index (χ2n) is 2.62. The first-order valence-corrected chi connectivity index (χ1v) is 4.49. The third-order valence-electron chi connectivity index (χ3n) is 1.69. The average Bonchev–Trinajstić information content (AvgIpc) is 2.51. The molecule has 0 fully saturated rings. The molecule has 0 bridgehead atoms. The van der Waals surface area contributed by atoms with Crippen LogP contribution in [-0.4, -0.2) is 6.09 Å². The second kappa shape index (κ2) is 3.55. The minimum absolute atomic E-state index is 0.399. The molecule has 4 nitrogen and oxygen atoms in total. The minimum Gasteiger partial charge on any atom is -0.415 e. The van der Waals surface area contributed by atoms with Gasteiger partial charge in [0.05, 0.1) is 5.02 Å². The van der Waals surface area contributed by atoms with Crippen molar-refractivity contribution < 1.29 is 9.53 Å². The topological polar surface area (TPSA) is 51.0 Å². The summed E-state index contributed by atoms with van der Waals surface area (Å²) < 4.78 is 4.77. The molecular weight excluding hydrogens is 227 g/mol. The van der Waals surface area contributed by atoms with Gasteiger partial charge < -0.3 is 4.74 Å². The molecule has 0 N–H and O–H groups in total. The molecule has 1 aliphatic rings. The van der Waals surface area contributed by atoms with Crippen LogP contribution < -0.4 is 0 Å². The maximum Gasteiger partial charge on any atom is 0.454 e. The summed E-state index contributed by atoms with van der Waals surface area (Å²) in [4.78, 5) is 10.7. The molecule has 0 saturated carbocycles. The molecule has 1 aliphatic heterocycles. The predicted octanol–water partition coefficient (Wildman–Crippen LogP) is 3.59. The molecule has 1 atom stereocenters. The molecule has 2 rings (SSSR count). The number of rotatable bonds is 1. The maximum absolute atomic E-state index is 10.7. The Morgan fingerprint density at radius 2 is 2.14 bits per heavy atom. The summed E-state index contributed by atoms with van der Waals surface area (Å²) in [5.74, 6) is 0. The molecule has 14 heavy (non-hydrogen) atoms. The summed E-state index contributed by atoms with van der Waals surface area (Å²) in [5, 5.41) is 7.75. The molecule has 0 saturated heterocycles. The van der Waals surface area contributed by atoms with Crippen LogP contribution in [0.3, 0.4) is 0 Å². The van der Waals surface area contributed by atoms with Crippen LogP contribution in [0.1, 0.15) is 11.8 Å². The van der Waals surface area contributed by atoms with Gasteiger partial charge in [-0.15, -0.1) is 5.11 Å². The quantitative estimate of drug-likeness (QED) is 0.741. The third kappa shape index (κ3) is 1.71. The van der Waals surface area contributed by atoms with E-state index in [-0.39, 0.29) is 0 Å². The lowest BCUT2D eigenvalue weighted by molar-refractivity contribution is 0.133. The predicted molar refractivity (Wildman–Crippen MR) is 50.5 cm³/mol. The zero-order chi connectivity index (χ0) is 10.1. The number of amides is 1. The van der Waals surface area contributed by atoms with Gasteiger partial charge in [0, 0.05) is 10.6 Å². The standard InChI is InChI=1S/C8H4Cl2N2O2/c9-4-1-2-5(6(10)3-4)7-11-12-8(13)14-7/h1-3,7H. The van der Waals surface area contributed by atoms with Crippen LogP contribution in [0.4, 0.5) is 4.79 Å². The fourth-order valence-electron chi connectivity index (χ4n) is 1.07. The van der Waals surface area contributed by atoms with Crippen molar-refractivity contribution in [3.63, 3.8) is 0 Å². The molecule has 0 spiro atoms. The summed E-state index contributed by atoms with van der Waals surface area (Å²) >= 11 is 11.6. The van der Waals surface area contributed by atoms with E-state index < -0.39 is 12.3 Å². The molecular formula is C8H4Cl2N2O2. The fourth-order valence-corrected chi connectivity index (χ4v) is 1.57. The molecule has 1 aromatic carbocycles. The van der Waals surface area contributed by atoms with Crippen LogP contribution in [0.2, 0.25) is 10.0 Å². The molecule has 0 radical (unpaired) electrons. The summed E-state index contributed by atoms with van der Waals surface area (Å²) in [7, 11) is 0. The number of carbonyl (C=O) groups is 1. The van der Waals surface area contributed by atoms with Gasteiger partial charge in [0.15, 0.2) is 0 Å². The van der Waals surface area contributed by atoms with Crippen LogP contribution in [0.15, 0.2) is 28.4 Å². The van der Waals surface area contributed by atoms with Crippen LogP contribution in [-0.2, 0) is 4.74 Å². The van der Waals surface area contributed by atoms with E-state index in [2.05, 4.69) is 10.2 Å². The largest absolute Gasteiger partial charge is 0.454 e. The molecule has 72 valence electrons. The average molecular weight is 231 g/mol. The summed E-state index contributed by atoms with van der Waals surface area (Å²) in [6, 6.07) is 4.84. The van der Waals surface area contributed by atoms with Gasteiger partial charge in [-0.2, -0.15) is 0 Å². The number of nitrogens with zero attached hydrogens (tertiary/aromatic N) is 2. The third-order valence-corrected chi connectivity index (χ3v) is 2.25. The Labute approximate surface area is 89.5 Å². The van der Waals surface area contributed by atoms with E-state index in [1.807, 2.05) is 0 Å². The molecule has 0 aliphatic carbocycles. The van der Waals surface area contributed by atoms with E-state index in [0.717, 1.165) is 0 Å².